The van der Waals surface area contributed by atoms with Crippen molar-refractivity contribution in [2.24, 2.45) is 22.7 Å². The van der Waals surface area contributed by atoms with Crippen molar-refractivity contribution in [3.8, 4) is 0 Å². The highest BCUT2D eigenvalue weighted by molar-refractivity contribution is 5.84. The molecule has 5 atom stereocenters. The fourth-order valence-electron chi connectivity index (χ4n) is 8.93. The molecular formula is C26H35FN2O. The summed E-state index contributed by atoms with van der Waals surface area (Å²) >= 11 is 0. The van der Waals surface area contributed by atoms with Crippen molar-refractivity contribution in [1.29, 1.82) is 0 Å². The molecule has 1 N–H and O–H groups in total. The summed E-state index contributed by atoms with van der Waals surface area (Å²) in [5.74, 6) is 1.51. The molecular weight excluding hydrogens is 375 g/mol. The maximum absolute atomic E-state index is 13.9. The van der Waals surface area contributed by atoms with E-state index in [4.69, 9.17) is 0 Å². The first-order chi connectivity index (χ1) is 14.5. The number of carbonyl (C=O) groups is 1. The second-order valence-corrected chi connectivity index (χ2v) is 11.6. The fourth-order valence-corrected chi connectivity index (χ4v) is 8.93. The summed E-state index contributed by atoms with van der Waals surface area (Å²) in [7, 11) is 0. The molecule has 1 aromatic rings. The maximum Gasteiger partial charge on any atom is 0.226 e. The van der Waals surface area contributed by atoms with Crippen LogP contribution in [0.5, 0.6) is 0 Å². The number of nitrogens with zero attached hydrogens (tertiary/aromatic N) is 1. The van der Waals surface area contributed by atoms with Gasteiger partial charge in [0.2, 0.25) is 5.91 Å². The summed E-state index contributed by atoms with van der Waals surface area (Å²) in [4.78, 5) is 16.5. The van der Waals surface area contributed by atoms with Crippen LogP contribution in [0.15, 0.2) is 30.3 Å². The van der Waals surface area contributed by atoms with Crippen LogP contribution in [0.4, 0.5) is 4.39 Å². The molecule has 4 aliphatic carbocycles. The molecule has 7 aliphatic rings. The number of rotatable bonds is 5. The highest BCUT2D eigenvalue weighted by atomic mass is 19.1. The number of amides is 1. The maximum atomic E-state index is 13.9. The Morgan fingerprint density at radius 2 is 1.87 bits per heavy atom. The predicted octanol–water partition coefficient (Wildman–Crippen LogP) is 4.46. The second kappa shape index (κ2) is 6.79. The zero-order valence-corrected chi connectivity index (χ0v) is 18.0. The summed E-state index contributed by atoms with van der Waals surface area (Å²) < 4.78 is 13.7. The molecule has 1 amide bonds. The van der Waals surface area contributed by atoms with Crippen molar-refractivity contribution >= 4 is 5.91 Å². The first-order valence-electron chi connectivity index (χ1n) is 12.2. The molecule has 4 saturated carbocycles. The lowest BCUT2D eigenvalue weighted by Crippen LogP contribution is -2.65. The van der Waals surface area contributed by atoms with Crippen LogP contribution in [0.1, 0.15) is 63.4 Å². The van der Waals surface area contributed by atoms with E-state index in [0.29, 0.717) is 30.2 Å². The van der Waals surface area contributed by atoms with Crippen molar-refractivity contribution in [2.45, 2.75) is 69.2 Å². The lowest BCUT2D eigenvalue weighted by Gasteiger charge is -2.66. The molecule has 0 spiro atoms. The van der Waals surface area contributed by atoms with E-state index in [9.17, 15) is 9.18 Å². The molecule has 0 aromatic heterocycles. The van der Waals surface area contributed by atoms with Crippen LogP contribution in [0.25, 0.3) is 0 Å². The minimum Gasteiger partial charge on any atom is -0.351 e. The molecule has 7 fully saturated rings. The Hall–Kier alpha value is -1.42. The Morgan fingerprint density at radius 1 is 1.07 bits per heavy atom. The lowest BCUT2D eigenvalue weighted by molar-refractivity contribution is -0.166. The third-order valence-corrected chi connectivity index (χ3v) is 9.65. The van der Waals surface area contributed by atoms with E-state index in [1.807, 2.05) is 0 Å². The normalized spacial score (nSPS) is 46.2. The van der Waals surface area contributed by atoms with E-state index in [1.54, 1.807) is 0 Å². The predicted molar refractivity (Wildman–Crippen MR) is 116 cm³/mol. The van der Waals surface area contributed by atoms with Crippen LogP contribution in [0, 0.1) is 22.7 Å². The molecule has 1 aromatic carbocycles. The summed E-state index contributed by atoms with van der Waals surface area (Å²) in [6.07, 6.45) is 9.33. The second-order valence-electron chi connectivity index (χ2n) is 11.6. The molecule has 3 heterocycles. The minimum absolute atomic E-state index is 0.0103. The summed E-state index contributed by atoms with van der Waals surface area (Å²) in [6, 6.07) is 11.2. The lowest BCUT2D eigenvalue weighted by atomic mass is 9.38. The van der Waals surface area contributed by atoms with Crippen molar-refractivity contribution in [1.82, 2.24) is 10.2 Å². The molecule has 0 radical (unpaired) electrons. The molecule has 3 unspecified atom stereocenters. The average molecular weight is 411 g/mol. The van der Waals surface area contributed by atoms with Crippen LogP contribution < -0.4 is 5.32 Å². The largest absolute Gasteiger partial charge is 0.351 e. The third-order valence-electron chi connectivity index (χ3n) is 9.65. The monoisotopic (exact) mass is 410 g/mol. The molecule has 8 rings (SSSR count). The number of benzene rings is 1. The Morgan fingerprint density at radius 3 is 2.57 bits per heavy atom. The Bertz CT molecular complexity index is 822. The molecule has 3 saturated heterocycles. The van der Waals surface area contributed by atoms with Gasteiger partial charge in [-0.15, -0.1) is 0 Å². The van der Waals surface area contributed by atoms with Crippen LogP contribution in [0.3, 0.4) is 0 Å². The van der Waals surface area contributed by atoms with Crippen LogP contribution in [0.2, 0.25) is 0 Å². The zero-order valence-electron chi connectivity index (χ0n) is 18.0. The first-order valence-corrected chi connectivity index (χ1v) is 12.2. The summed E-state index contributed by atoms with van der Waals surface area (Å²) in [6.45, 7) is 3.16. The highest BCUT2D eigenvalue weighted by Gasteiger charge is 2.65. The first kappa shape index (κ1) is 19.3. The van der Waals surface area contributed by atoms with E-state index in [-0.39, 0.29) is 22.9 Å². The van der Waals surface area contributed by atoms with E-state index in [1.165, 1.54) is 37.9 Å². The number of nitrogens with one attached hydrogen (secondary N) is 1. The van der Waals surface area contributed by atoms with Crippen molar-refractivity contribution < 1.29 is 9.18 Å². The topological polar surface area (TPSA) is 32.3 Å². The van der Waals surface area contributed by atoms with Gasteiger partial charge in [0.05, 0.1) is 12.1 Å². The van der Waals surface area contributed by atoms with Gasteiger partial charge < -0.3 is 10.2 Å². The van der Waals surface area contributed by atoms with Gasteiger partial charge in [-0.2, -0.15) is 0 Å². The van der Waals surface area contributed by atoms with Crippen molar-refractivity contribution in [3.63, 3.8) is 0 Å². The molecule has 3 nitrogen and oxygen atoms in total. The zero-order chi connectivity index (χ0) is 20.4. The molecule has 30 heavy (non-hydrogen) atoms. The SMILES string of the molecule is O=C(N[C@H]1CN2CCC1CC2)C12CC3CC(c4ccccc4)(C1)C[C@](CCF)(C3)C2. The van der Waals surface area contributed by atoms with E-state index in [2.05, 4.69) is 40.5 Å². The number of fused-ring (bicyclic) bond motifs is 3. The number of hydrogen-bond donors (Lipinski definition) is 1. The van der Waals surface area contributed by atoms with Gasteiger partial charge in [-0.1, -0.05) is 30.3 Å². The van der Waals surface area contributed by atoms with Crippen molar-refractivity contribution in [2.75, 3.05) is 26.3 Å². The number of carbonyl (C=O) groups excluding carboxylic acids is 1. The van der Waals surface area contributed by atoms with Gasteiger partial charge in [-0.3, -0.25) is 9.18 Å². The Labute approximate surface area is 179 Å². The molecule has 3 aliphatic heterocycles. The Kier molecular flexibility index (Phi) is 4.36. The number of hydrogen-bond acceptors (Lipinski definition) is 2. The van der Waals surface area contributed by atoms with Gasteiger partial charge in [-0.05, 0) is 99.1 Å². The third kappa shape index (κ3) is 2.89. The summed E-state index contributed by atoms with van der Waals surface area (Å²) in [5.41, 5.74) is 1.16. The van der Waals surface area contributed by atoms with Crippen LogP contribution in [-0.4, -0.2) is 43.2 Å². The number of piperidine rings is 3. The molecule has 162 valence electrons. The van der Waals surface area contributed by atoms with E-state index >= 15 is 0 Å². The van der Waals surface area contributed by atoms with Gasteiger partial charge >= 0.3 is 0 Å². The fraction of sp³-hybridized carbons (Fsp3) is 0.731. The van der Waals surface area contributed by atoms with Gasteiger partial charge in [0, 0.05) is 12.6 Å². The van der Waals surface area contributed by atoms with Gasteiger partial charge in [0.25, 0.3) is 0 Å². The van der Waals surface area contributed by atoms with Crippen molar-refractivity contribution in [3.05, 3.63) is 35.9 Å². The van der Waals surface area contributed by atoms with Crippen LogP contribution >= 0.6 is 0 Å². The van der Waals surface area contributed by atoms with E-state index < -0.39 is 0 Å². The van der Waals surface area contributed by atoms with Gasteiger partial charge in [0.15, 0.2) is 0 Å². The standard InChI is InChI=1S/C26H35FN2O/c27-9-8-24-12-19-13-25(16-24,21-4-2-1-3-5-21)18-26(14-19,17-24)23(30)28-22-15-29-10-6-20(22)7-11-29/h1-5,19-20,22H,6-18H2,(H,28,30)/t19?,22-,24-,25?,26?/m0/s1. The molecule has 6 bridgehead atoms. The van der Waals surface area contributed by atoms with Crippen LogP contribution in [-0.2, 0) is 10.2 Å². The average Bonchev–Trinajstić information content (AvgIpc) is 2.74. The highest BCUT2D eigenvalue weighted by Crippen LogP contribution is 2.71. The Balaban J connectivity index is 1.33. The van der Waals surface area contributed by atoms with Gasteiger partial charge in [0.1, 0.15) is 0 Å². The summed E-state index contributed by atoms with van der Waals surface area (Å²) in [5, 5.41) is 3.56. The quantitative estimate of drug-likeness (QED) is 0.777. The number of halogens is 1. The smallest absolute Gasteiger partial charge is 0.226 e. The van der Waals surface area contributed by atoms with E-state index in [0.717, 1.165) is 38.6 Å². The minimum atomic E-state index is -0.295. The molecule has 4 heteroatoms. The van der Waals surface area contributed by atoms with Gasteiger partial charge in [-0.25, -0.2) is 0 Å². The number of alkyl halides is 1.